The summed E-state index contributed by atoms with van der Waals surface area (Å²) in [5.41, 5.74) is 0.193. The first kappa shape index (κ1) is 15.3. The number of anilines is 1. The maximum Gasteiger partial charge on any atom is 0.337 e. The van der Waals surface area contributed by atoms with Gasteiger partial charge in [0.05, 0.1) is 30.5 Å². The predicted molar refractivity (Wildman–Crippen MR) is 77.0 cm³/mol. The number of aromatic carboxylic acids is 1. The highest BCUT2D eigenvalue weighted by Crippen LogP contribution is 2.21. The quantitative estimate of drug-likeness (QED) is 0.845. The first-order valence-electron chi connectivity index (χ1n) is 6.11. The molecule has 1 saturated heterocycles. The number of ether oxygens (including phenoxy) is 1. The molecular weight excluding hydrogens is 342 g/mol. The van der Waals surface area contributed by atoms with Crippen molar-refractivity contribution in [2.45, 2.75) is 6.10 Å². The molecule has 1 aliphatic heterocycles. The van der Waals surface area contributed by atoms with Gasteiger partial charge in [-0.1, -0.05) is 15.9 Å². The van der Waals surface area contributed by atoms with E-state index in [9.17, 15) is 9.59 Å². The van der Waals surface area contributed by atoms with E-state index in [-0.39, 0.29) is 24.4 Å². The van der Waals surface area contributed by atoms with Crippen molar-refractivity contribution in [1.29, 1.82) is 5.26 Å². The molecule has 1 aromatic carbocycles. The van der Waals surface area contributed by atoms with Crippen LogP contribution in [0.25, 0.3) is 0 Å². The lowest BCUT2D eigenvalue weighted by molar-refractivity contribution is 0.0181. The maximum absolute atomic E-state index is 12.1. The monoisotopic (exact) mass is 353 g/mol. The Morgan fingerprint density at radius 2 is 2.29 bits per heavy atom. The molecule has 0 spiro atoms. The number of benzene rings is 1. The minimum atomic E-state index is -1.14. The van der Waals surface area contributed by atoms with E-state index in [1.807, 2.05) is 6.07 Å². The molecule has 0 aliphatic carbocycles. The number of rotatable bonds is 2. The third-order valence-corrected chi connectivity index (χ3v) is 3.44. The second kappa shape index (κ2) is 6.56. The number of nitrogens with one attached hydrogen (secondary N) is 1. The predicted octanol–water partition coefficient (Wildman–Crippen LogP) is 1.90. The number of halogens is 1. The van der Waals surface area contributed by atoms with Gasteiger partial charge in [0.2, 0.25) is 0 Å². The van der Waals surface area contributed by atoms with E-state index in [0.29, 0.717) is 11.0 Å². The molecule has 1 unspecified atom stereocenters. The molecule has 0 aromatic heterocycles. The van der Waals surface area contributed by atoms with E-state index >= 15 is 0 Å². The Kier molecular flexibility index (Phi) is 4.77. The first-order chi connectivity index (χ1) is 10.0. The molecule has 1 fully saturated rings. The van der Waals surface area contributed by atoms with Gasteiger partial charge in [0, 0.05) is 11.0 Å². The SMILES string of the molecule is N#CC1CN(C(=O)Nc2ccc(Br)cc2C(=O)O)CCO1. The highest BCUT2D eigenvalue weighted by molar-refractivity contribution is 9.10. The minimum Gasteiger partial charge on any atom is -0.478 e. The van der Waals surface area contributed by atoms with Crippen molar-refractivity contribution < 1.29 is 19.4 Å². The molecule has 0 saturated carbocycles. The zero-order valence-electron chi connectivity index (χ0n) is 10.9. The fraction of sp³-hybridized carbons (Fsp3) is 0.308. The summed E-state index contributed by atoms with van der Waals surface area (Å²) in [6, 6.07) is 6.05. The van der Waals surface area contributed by atoms with Crippen molar-refractivity contribution in [3.05, 3.63) is 28.2 Å². The van der Waals surface area contributed by atoms with Crippen LogP contribution in [0.5, 0.6) is 0 Å². The van der Waals surface area contributed by atoms with Crippen molar-refractivity contribution in [1.82, 2.24) is 4.90 Å². The van der Waals surface area contributed by atoms with Crippen LogP contribution < -0.4 is 5.32 Å². The van der Waals surface area contributed by atoms with Gasteiger partial charge in [-0.3, -0.25) is 0 Å². The van der Waals surface area contributed by atoms with Gasteiger partial charge in [0.15, 0.2) is 6.10 Å². The Morgan fingerprint density at radius 3 is 2.95 bits per heavy atom. The van der Waals surface area contributed by atoms with Gasteiger partial charge in [-0.25, -0.2) is 9.59 Å². The van der Waals surface area contributed by atoms with Crippen molar-refractivity contribution >= 4 is 33.6 Å². The largest absolute Gasteiger partial charge is 0.478 e. The Morgan fingerprint density at radius 1 is 1.52 bits per heavy atom. The fourth-order valence-electron chi connectivity index (χ4n) is 1.91. The molecule has 1 atom stereocenters. The number of urea groups is 1. The third kappa shape index (κ3) is 3.71. The van der Waals surface area contributed by atoms with E-state index in [0.717, 1.165) is 0 Å². The van der Waals surface area contributed by atoms with Crippen LogP contribution in [0.2, 0.25) is 0 Å². The van der Waals surface area contributed by atoms with E-state index in [2.05, 4.69) is 21.2 Å². The van der Waals surface area contributed by atoms with Crippen LogP contribution in [0.15, 0.2) is 22.7 Å². The summed E-state index contributed by atoms with van der Waals surface area (Å²) in [6.07, 6.45) is -0.659. The molecule has 2 N–H and O–H groups in total. The average molecular weight is 354 g/mol. The van der Waals surface area contributed by atoms with Gasteiger partial charge in [0.25, 0.3) is 0 Å². The number of nitriles is 1. The minimum absolute atomic E-state index is 0.0113. The van der Waals surface area contributed by atoms with E-state index < -0.39 is 18.1 Å². The summed E-state index contributed by atoms with van der Waals surface area (Å²) in [6.45, 7) is 0.780. The van der Waals surface area contributed by atoms with Gasteiger partial charge in [-0.15, -0.1) is 0 Å². The van der Waals surface area contributed by atoms with Crippen molar-refractivity contribution in [2.24, 2.45) is 0 Å². The molecule has 1 aromatic rings. The molecule has 2 rings (SSSR count). The number of carbonyl (C=O) groups is 2. The number of morpholine rings is 1. The first-order valence-corrected chi connectivity index (χ1v) is 6.90. The zero-order chi connectivity index (χ0) is 15.4. The number of hydrogen-bond donors (Lipinski definition) is 2. The van der Waals surface area contributed by atoms with Crippen LogP contribution in [0, 0.1) is 11.3 Å². The molecule has 8 heteroatoms. The third-order valence-electron chi connectivity index (χ3n) is 2.95. The Labute approximate surface area is 129 Å². The molecule has 7 nitrogen and oxygen atoms in total. The van der Waals surface area contributed by atoms with Crippen molar-refractivity contribution in [2.75, 3.05) is 25.0 Å². The summed E-state index contributed by atoms with van der Waals surface area (Å²) in [5, 5.41) is 20.5. The molecule has 2 amide bonds. The lowest BCUT2D eigenvalue weighted by atomic mass is 10.2. The van der Waals surface area contributed by atoms with E-state index in [1.165, 1.54) is 17.0 Å². The molecule has 21 heavy (non-hydrogen) atoms. The number of carboxylic acid groups (broad SMARTS) is 1. The Balaban J connectivity index is 2.13. The van der Waals surface area contributed by atoms with Gasteiger partial charge in [-0.05, 0) is 18.2 Å². The summed E-state index contributed by atoms with van der Waals surface area (Å²) < 4.78 is 5.76. The lowest BCUT2D eigenvalue weighted by Gasteiger charge is -2.29. The number of carboxylic acids is 1. The van der Waals surface area contributed by atoms with Crippen molar-refractivity contribution in [3.63, 3.8) is 0 Å². The van der Waals surface area contributed by atoms with Crippen molar-refractivity contribution in [3.8, 4) is 6.07 Å². The second-order valence-corrected chi connectivity index (χ2v) is 5.28. The summed E-state index contributed by atoms with van der Waals surface area (Å²) >= 11 is 3.19. The van der Waals surface area contributed by atoms with Crippen LogP contribution in [-0.4, -0.2) is 47.8 Å². The highest BCUT2D eigenvalue weighted by atomic mass is 79.9. The lowest BCUT2D eigenvalue weighted by Crippen LogP contribution is -2.47. The second-order valence-electron chi connectivity index (χ2n) is 4.36. The highest BCUT2D eigenvalue weighted by Gasteiger charge is 2.24. The van der Waals surface area contributed by atoms with E-state index in [1.54, 1.807) is 6.07 Å². The van der Waals surface area contributed by atoms with Gasteiger partial charge in [0.1, 0.15) is 0 Å². The Hall–Kier alpha value is -2.11. The number of amides is 2. The number of hydrogen-bond acceptors (Lipinski definition) is 4. The van der Waals surface area contributed by atoms with Crippen LogP contribution in [0.4, 0.5) is 10.5 Å². The smallest absolute Gasteiger partial charge is 0.337 e. The standard InChI is InChI=1S/C13H12BrN3O4/c14-8-1-2-11(10(5-8)12(18)19)16-13(20)17-3-4-21-9(6-15)7-17/h1-2,5,9H,3-4,7H2,(H,16,20)(H,18,19). The fourth-order valence-corrected chi connectivity index (χ4v) is 2.27. The normalized spacial score (nSPS) is 17.9. The molecule has 0 bridgehead atoms. The summed E-state index contributed by atoms with van der Waals surface area (Å²) in [5.74, 6) is -1.14. The topological polar surface area (TPSA) is 103 Å². The number of nitrogens with zero attached hydrogens (tertiary/aromatic N) is 2. The number of carbonyl (C=O) groups excluding carboxylic acids is 1. The summed E-state index contributed by atoms with van der Waals surface area (Å²) in [4.78, 5) is 24.7. The van der Waals surface area contributed by atoms with Crippen LogP contribution in [0.1, 0.15) is 10.4 Å². The van der Waals surface area contributed by atoms with Crippen LogP contribution in [-0.2, 0) is 4.74 Å². The van der Waals surface area contributed by atoms with Gasteiger partial charge >= 0.3 is 12.0 Å². The molecular formula is C13H12BrN3O4. The Bertz CT molecular complexity index is 614. The van der Waals surface area contributed by atoms with Gasteiger partial charge in [-0.2, -0.15) is 5.26 Å². The molecule has 110 valence electrons. The van der Waals surface area contributed by atoms with Crippen LogP contribution >= 0.6 is 15.9 Å². The van der Waals surface area contributed by atoms with Crippen LogP contribution in [0.3, 0.4) is 0 Å². The maximum atomic E-state index is 12.1. The van der Waals surface area contributed by atoms with Gasteiger partial charge < -0.3 is 20.1 Å². The zero-order valence-corrected chi connectivity index (χ0v) is 12.5. The average Bonchev–Trinajstić information content (AvgIpc) is 2.48. The van der Waals surface area contributed by atoms with E-state index in [4.69, 9.17) is 15.1 Å². The summed E-state index contributed by atoms with van der Waals surface area (Å²) in [7, 11) is 0. The molecule has 1 heterocycles. The molecule has 0 radical (unpaired) electrons. The molecule has 1 aliphatic rings.